The molecule has 1 aromatic carbocycles. The van der Waals surface area contributed by atoms with E-state index in [0.717, 1.165) is 11.3 Å². The summed E-state index contributed by atoms with van der Waals surface area (Å²) < 4.78 is 21.2. The number of benzene rings is 1. The highest BCUT2D eigenvalue weighted by molar-refractivity contribution is 9.10. The number of nitrogens with two attached hydrogens (primary N) is 1. The van der Waals surface area contributed by atoms with Crippen LogP contribution in [0.4, 0.5) is 0 Å². The van der Waals surface area contributed by atoms with Crippen molar-refractivity contribution in [3.05, 3.63) is 33.6 Å². The molecule has 156 valence electrons. The predicted octanol–water partition coefficient (Wildman–Crippen LogP) is 3.16. The zero-order valence-electron chi connectivity index (χ0n) is 16.0. The minimum Gasteiger partial charge on any atom is -0.481 e. The Balaban J connectivity index is 2.39. The van der Waals surface area contributed by atoms with Gasteiger partial charge in [-0.1, -0.05) is 12.1 Å². The van der Waals surface area contributed by atoms with E-state index >= 15 is 0 Å². The Morgan fingerprint density at radius 3 is 2.62 bits per heavy atom. The van der Waals surface area contributed by atoms with Crippen LogP contribution in [0.15, 0.2) is 28.7 Å². The molecule has 0 aliphatic rings. The second kappa shape index (κ2) is 10.3. The summed E-state index contributed by atoms with van der Waals surface area (Å²) in [6.07, 6.45) is -0.800. The Kier molecular flexibility index (Phi) is 8.03. The lowest BCUT2D eigenvalue weighted by atomic mass is 10.2. The maximum atomic E-state index is 12.2. The van der Waals surface area contributed by atoms with E-state index in [4.69, 9.17) is 24.7 Å². The van der Waals surface area contributed by atoms with Crippen LogP contribution in [0, 0.1) is 0 Å². The first-order valence-corrected chi connectivity index (χ1v) is 10.1. The molecule has 10 heteroatoms. The van der Waals surface area contributed by atoms with Gasteiger partial charge in [-0.05, 0) is 47.5 Å². The molecule has 2 rings (SSSR count). The van der Waals surface area contributed by atoms with Gasteiger partial charge in [0.1, 0.15) is 5.75 Å². The van der Waals surface area contributed by atoms with Crippen molar-refractivity contribution in [3.63, 3.8) is 0 Å². The van der Waals surface area contributed by atoms with Gasteiger partial charge in [0.15, 0.2) is 23.3 Å². The monoisotopic (exact) mass is 485 g/mol. The fraction of sp³-hybridized carbons (Fsp3) is 0.316. The Morgan fingerprint density at radius 1 is 1.28 bits per heavy atom. The van der Waals surface area contributed by atoms with Crippen LogP contribution in [0.1, 0.15) is 23.5 Å². The number of amides is 1. The third kappa shape index (κ3) is 5.70. The lowest BCUT2D eigenvalue weighted by Gasteiger charge is -2.12. The van der Waals surface area contributed by atoms with Crippen LogP contribution in [0.3, 0.4) is 0 Å². The normalized spacial score (nSPS) is 11.4. The lowest BCUT2D eigenvalue weighted by Crippen LogP contribution is -2.30. The van der Waals surface area contributed by atoms with Crippen LogP contribution in [-0.4, -0.2) is 44.3 Å². The summed E-state index contributed by atoms with van der Waals surface area (Å²) in [5.41, 5.74) is 5.93. The van der Waals surface area contributed by atoms with Crippen molar-refractivity contribution in [1.82, 2.24) is 0 Å². The van der Waals surface area contributed by atoms with Crippen molar-refractivity contribution in [2.75, 3.05) is 20.3 Å². The Hall–Kier alpha value is -2.59. The van der Waals surface area contributed by atoms with Crippen molar-refractivity contribution in [2.24, 2.45) is 5.73 Å². The van der Waals surface area contributed by atoms with Gasteiger partial charge in [-0.15, -0.1) is 11.3 Å². The van der Waals surface area contributed by atoms with Gasteiger partial charge in [0.25, 0.3) is 5.91 Å². The first-order valence-electron chi connectivity index (χ1n) is 8.53. The van der Waals surface area contributed by atoms with E-state index in [9.17, 15) is 14.4 Å². The van der Waals surface area contributed by atoms with Gasteiger partial charge in [-0.25, -0.2) is 9.59 Å². The maximum Gasteiger partial charge on any atom is 0.351 e. The Morgan fingerprint density at radius 2 is 2.00 bits per heavy atom. The quantitative estimate of drug-likeness (QED) is 0.542. The van der Waals surface area contributed by atoms with E-state index in [-0.39, 0.29) is 23.8 Å². The highest BCUT2D eigenvalue weighted by atomic mass is 79.9. The maximum absolute atomic E-state index is 12.2. The third-order valence-electron chi connectivity index (χ3n) is 3.63. The predicted molar refractivity (Wildman–Crippen MR) is 110 cm³/mol. The number of rotatable bonds is 9. The van der Waals surface area contributed by atoms with E-state index < -0.39 is 23.9 Å². The number of primary amides is 1. The number of ether oxygens (including phenoxy) is 4. The number of hydrogen-bond acceptors (Lipinski definition) is 8. The third-order valence-corrected chi connectivity index (χ3v) is 5.85. The van der Waals surface area contributed by atoms with E-state index in [1.54, 1.807) is 38.1 Å². The molecule has 0 bridgehead atoms. The van der Waals surface area contributed by atoms with E-state index in [0.29, 0.717) is 20.7 Å². The molecule has 0 saturated carbocycles. The van der Waals surface area contributed by atoms with Crippen molar-refractivity contribution in [3.8, 4) is 21.9 Å². The van der Waals surface area contributed by atoms with Gasteiger partial charge in [-0.3, -0.25) is 4.79 Å². The number of methoxy groups -OCH3 is 1. The zero-order valence-corrected chi connectivity index (χ0v) is 18.4. The second-order valence-electron chi connectivity index (χ2n) is 5.68. The van der Waals surface area contributed by atoms with Crippen LogP contribution in [0.25, 0.3) is 10.4 Å². The molecular weight excluding hydrogens is 466 g/mol. The molecule has 0 fully saturated rings. The minimum atomic E-state index is -0.800. The molecule has 1 unspecified atom stereocenters. The van der Waals surface area contributed by atoms with E-state index in [2.05, 4.69) is 15.9 Å². The summed E-state index contributed by atoms with van der Waals surface area (Å²) in [4.78, 5) is 35.9. The number of esters is 2. The average molecular weight is 486 g/mol. The highest BCUT2D eigenvalue weighted by Crippen LogP contribution is 2.46. The van der Waals surface area contributed by atoms with Crippen LogP contribution >= 0.6 is 27.3 Å². The van der Waals surface area contributed by atoms with Crippen LogP contribution < -0.4 is 15.2 Å². The summed E-state index contributed by atoms with van der Waals surface area (Å²) in [6, 6.07) is 6.92. The summed E-state index contributed by atoms with van der Waals surface area (Å²) in [7, 11) is 1.25. The molecule has 0 aliphatic heterocycles. The van der Waals surface area contributed by atoms with E-state index in [1.807, 2.05) is 0 Å². The molecule has 2 N–H and O–H groups in total. The lowest BCUT2D eigenvalue weighted by molar-refractivity contribution is -0.145. The van der Waals surface area contributed by atoms with Gasteiger partial charge in [0.2, 0.25) is 0 Å². The first-order chi connectivity index (χ1) is 13.8. The van der Waals surface area contributed by atoms with Gasteiger partial charge in [0, 0.05) is 0 Å². The summed E-state index contributed by atoms with van der Waals surface area (Å²) in [5, 5.41) is 0. The van der Waals surface area contributed by atoms with Gasteiger partial charge in [-0.2, -0.15) is 0 Å². The molecule has 0 spiro atoms. The average Bonchev–Trinajstić information content (AvgIpc) is 3.02. The second-order valence-corrected chi connectivity index (χ2v) is 7.49. The molecule has 1 atom stereocenters. The molecule has 0 radical (unpaired) electrons. The fourth-order valence-corrected chi connectivity index (χ4v) is 4.21. The molecule has 0 aliphatic carbocycles. The number of halogens is 1. The molecule has 29 heavy (non-hydrogen) atoms. The fourth-order valence-electron chi connectivity index (χ4n) is 2.24. The van der Waals surface area contributed by atoms with Crippen molar-refractivity contribution < 1.29 is 33.3 Å². The number of carbonyl (C=O) groups excluding carboxylic acids is 3. The van der Waals surface area contributed by atoms with Gasteiger partial charge >= 0.3 is 11.9 Å². The van der Waals surface area contributed by atoms with E-state index in [1.165, 1.54) is 7.11 Å². The smallest absolute Gasteiger partial charge is 0.351 e. The highest BCUT2D eigenvalue weighted by Gasteiger charge is 2.25. The molecule has 0 saturated heterocycles. The largest absolute Gasteiger partial charge is 0.481 e. The molecule has 1 aromatic heterocycles. The van der Waals surface area contributed by atoms with Gasteiger partial charge < -0.3 is 24.7 Å². The standard InChI is InChI=1S/C19H20BrNO7S/c1-4-26-13(22)9-27-15-14(20)16(29-17(15)19(24)25-3)11-6-5-7-12(8-11)28-10(2)18(21)23/h5-8,10H,4,9H2,1-3H3,(H2,21,23). The number of carbonyl (C=O) groups is 3. The van der Waals surface area contributed by atoms with Gasteiger partial charge in [0.05, 0.1) is 23.1 Å². The number of hydrogen-bond donors (Lipinski definition) is 1. The first kappa shape index (κ1) is 22.7. The molecule has 2 aromatic rings. The summed E-state index contributed by atoms with van der Waals surface area (Å²) in [6.45, 7) is 3.10. The van der Waals surface area contributed by atoms with Crippen LogP contribution in [-0.2, 0) is 19.1 Å². The Bertz CT molecular complexity index is 912. The van der Waals surface area contributed by atoms with Crippen molar-refractivity contribution >= 4 is 45.1 Å². The minimum absolute atomic E-state index is 0.182. The number of thiophene rings is 1. The SMILES string of the molecule is CCOC(=O)COc1c(C(=O)OC)sc(-c2cccc(OC(C)C(N)=O)c2)c1Br. The summed E-state index contributed by atoms with van der Waals surface area (Å²) in [5.74, 6) is -1.13. The molecule has 1 heterocycles. The Labute approximate surface area is 180 Å². The van der Waals surface area contributed by atoms with Crippen LogP contribution in [0.5, 0.6) is 11.5 Å². The zero-order chi connectivity index (χ0) is 21.6. The molecule has 8 nitrogen and oxygen atoms in total. The molecular formula is C19H20BrNO7S. The molecule has 1 amide bonds. The van der Waals surface area contributed by atoms with Crippen molar-refractivity contribution in [2.45, 2.75) is 20.0 Å². The summed E-state index contributed by atoms with van der Waals surface area (Å²) >= 11 is 4.56. The topological polar surface area (TPSA) is 114 Å². The van der Waals surface area contributed by atoms with Crippen molar-refractivity contribution in [1.29, 1.82) is 0 Å². The van der Waals surface area contributed by atoms with Crippen LogP contribution in [0.2, 0.25) is 0 Å².